The van der Waals surface area contributed by atoms with Crippen LogP contribution >= 0.6 is 0 Å². The first-order valence-electron chi connectivity index (χ1n) is 7.24. The van der Waals surface area contributed by atoms with Gasteiger partial charge in [-0.05, 0) is 17.5 Å². The number of rotatable bonds is 1. The average Bonchev–Trinajstić information content (AvgIpc) is 3.07. The first-order chi connectivity index (χ1) is 10.7. The van der Waals surface area contributed by atoms with Crippen molar-refractivity contribution in [3.63, 3.8) is 0 Å². The lowest BCUT2D eigenvalue weighted by molar-refractivity contribution is -0.0551. The van der Waals surface area contributed by atoms with Crippen LogP contribution < -0.4 is 0 Å². The Bertz CT molecular complexity index is 634. The van der Waals surface area contributed by atoms with E-state index in [1.807, 2.05) is 23.2 Å². The number of methoxy groups -OCH3 is 1. The van der Waals surface area contributed by atoms with Crippen LogP contribution in [-0.4, -0.2) is 48.1 Å². The minimum absolute atomic E-state index is 0.0945. The quantitative estimate of drug-likeness (QED) is 0.737. The van der Waals surface area contributed by atoms with Gasteiger partial charge in [-0.3, -0.25) is 0 Å². The molecule has 4 rings (SSSR count). The van der Waals surface area contributed by atoms with Gasteiger partial charge < -0.3 is 14.2 Å². The second-order valence-electron chi connectivity index (χ2n) is 5.65. The zero-order valence-electron chi connectivity index (χ0n) is 12.1. The number of nitrogens with zero attached hydrogens (tertiary/aromatic N) is 2. The van der Waals surface area contributed by atoms with Gasteiger partial charge in [-0.1, -0.05) is 24.3 Å². The number of amides is 1. The maximum absolute atomic E-state index is 12.2. The molecule has 116 valence electrons. The van der Waals surface area contributed by atoms with Crippen molar-refractivity contribution in [2.75, 3.05) is 13.7 Å². The lowest BCUT2D eigenvalue weighted by Crippen LogP contribution is -2.50. The molecule has 7 nitrogen and oxygen atoms in total. The van der Waals surface area contributed by atoms with E-state index < -0.39 is 12.2 Å². The van der Waals surface area contributed by atoms with Crippen molar-refractivity contribution in [3.05, 3.63) is 35.4 Å². The third-order valence-corrected chi connectivity index (χ3v) is 4.57. The summed E-state index contributed by atoms with van der Waals surface area (Å²) in [7, 11) is 1.37. The van der Waals surface area contributed by atoms with Gasteiger partial charge in [-0.2, -0.15) is 0 Å². The largest absolute Gasteiger partial charge is 0.508 e. The molecule has 22 heavy (non-hydrogen) atoms. The number of hydrazine groups is 1. The lowest BCUT2D eigenvalue weighted by atomic mass is 9.96. The van der Waals surface area contributed by atoms with E-state index in [0.717, 1.165) is 5.56 Å². The van der Waals surface area contributed by atoms with Gasteiger partial charge in [0, 0.05) is 6.54 Å². The minimum atomic E-state index is -0.644. The van der Waals surface area contributed by atoms with Gasteiger partial charge >= 0.3 is 12.2 Å². The molecule has 3 aliphatic rings. The van der Waals surface area contributed by atoms with Gasteiger partial charge in [-0.15, -0.1) is 0 Å². The highest BCUT2D eigenvalue weighted by Gasteiger charge is 2.52. The summed E-state index contributed by atoms with van der Waals surface area (Å²) >= 11 is 0. The molecule has 3 heterocycles. The molecular formula is C15H16N2O5. The third kappa shape index (κ3) is 1.85. The molecule has 0 radical (unpaired) electrons. The number of hydrogen-bond acceptors (Lipinski definition) is 6. The maximum Gasteiger partial charge on any atom is 0.508 e. The van der Waals surface area contributed by atoms with E-state index in [1.165, 1.54) is 12.7 Å². The third-order valence-electron chi connectivity index (χ3n) is 4.57. The molecule has 2 fully saturated rings. The molecule has 1 aromatic carbocycles. The number of ether oxygens (including phenoxy) is 3. The number of carbonyl (C=O) groups is 2. The van der Waals surface area contributed by atoms with Crippen LogP contribution in [-0.2, 0) is 20.8 Å². The number of fused-ring (bicyclic) bond motifs is 4. The summed E-state index contributed by atoms with van der Waals surface area (Å²) in [6.07, 6.45) is -0.714. The smallest absolute Gasteiger partial charge is 0.452 e. The maximum atomic E-state index is 12.2. The second-order valence-corrected chi connectivity index (χ2v) is 5.65. The monoisotopic (exact) mass is 304 g/mol. The van der Waals surface area contributed by atoms with Crippen molar-refractivity contribution in [2.45, 2.75) is 31.2 Å². The summed E-state index contributed by atoms with van der Waals surface area (Å²) in [6.45, 7) is 0.804. The average molecular weight is 304 g/mol. The molecule has 3 aliphatic heterocycles. The summed E-state index contributed by atoms with van der Waals surface area (Å²) in [5, 5.41) is 3.57. The van der Waals surface area contributed by atoms with Gasteiger partial charge in [0.15, 0.2) is 6.10 Å². The van der Waals surface area contributed by atoms with Gasteiger partial charge in [0.1, 0.15) is 6.61 Å². The Morgan fingerprint density at radius 1 is 1.36 bits per heavy atom. The van der Waals surface area contributed by atoms with Crippen molar-refractivity contribution in [2.24, 2.45) is 0 Å². The first-order valence-corrected chi connectivity index (χ1v) is 7.24. The molecular weight excluding hydrogens is 288 g/mol. The Labute approximate surface area is 127 Å². The van der Waals surface area contributed by atoms with E-state index in [4.69, 9.17) is 14.2 Å². The zero-order valence-corrected chi connectivity index (χ0v) is 12.1. The fourth-order valence-electron chi connectivity index (χ4n) is 3.62. The van der Waals surface area contributed by atoms with E-state index in [2.05, 4.69) is 6.07 Å². The number of carbonyl (C=O) groups excluding carboxylic acids is 2. The zero-order chi connectivity index (χ0) is 15.3. The highest BCUT2D eigenvalue weighted by Crippen LogP contribution is 2.45. The summed E-state index contributed by atoms with van der Waals surface area (Å²) in [5.41, 5.74) is 2.30. The van der Waals surface area contributed by atoms with E-state index >= 15 is 0 Å². The van der Waals surface area contributed by atoms with E-state index in [9.17, 15) is 9.59 Å². The van der Waals surface area contributed by atoms with Crippen molar-refractivity contribution in [1.29, 1.82) is 0 Å². The molecule has 0 N–H and O–H groups in total. The Balaban J connectivity index is 1.70. The predicted octanol–water partition coefficient (Wildman–Crippen LogP) is 1.83. The molecule has 4 atom stereocenters. The number of benzene rings is 1. The fraction of sp³-hybridized carbons (Fsp3) is 0.467. The van der Waals surface area contributed by atoms with Gasteiger partial charge in [0.2, 0.25) is 0 Å². The Kier molecular flexibility index (Phi) is 2.97. The topological polar surface area (TPSA) is 68.3 Å². The van der Waals surface area contributed by atoms with Crippen LogP contribution in [0.3, 0.4) is 0 Å². The normalized spacial score (nSPS) is 32.2. The SMILES string of the molecule is COC(=O)N1[C@@H]2C[C@H]([C@H]3COC(=O)O3)N1Cc1ccccc12. The lowest BCUT2D eigenvalue weighted by Gasteiger charge is -2.38. The standard InChI is InChI=1S/C15H16N2O5/c1-20-14(18)17-11-6-12(13-8-21-15(19)22-13)16(17)7-9-4-2-3-5-10(9)11/h2-5,11-13H,6-8H2,1H3/t11-,12-,13-/m1/s1. The Hall–Kier alpha value is -2.28. The van der Waals surface area contributed by atoms with Crippen molar-refractivity contribution in [1.82, 2.24) is 10.0 Å². The highest BCUT2D eigenvalue weighted by molar-refractivity contribution is 5.69. The summed E-state index contributed by atoms with van der Waals surface area (Å²) < 4.78 is 15.1. The fourth-order valence-corrected chi connectivity index (χ4v) is 3.62. The van der Waals surface area contributed by atoms with Crippen molar-refractivity contribution in [3.8, 4) is 0 Å². The van der Waals surface area contributed by atoms with E-state index in [0.29, 0.717) is 13.0 Å². The van der Waals surface area contributed by atoms with Crippen LogP contribution in [0.5, 0.6) is 0 Å². The second kappa shape index (κ2) is 4.88. The van der Waals surface area contributed by atoms with Crippen LogP contribution in [0.15, 0.2) is 24.3 Å². The number of cyclic esters (lactones) is 2. The predicted molar refractivity (Wildman–Crippen MR) is 73.6 cm³/mol. The summed E-state index contributed by atoms with van der Waals surface area (Å²) in [5.74, 6) is 0. The summed E-state index contributed by atoms with van der Waals surface area (Å²) in [6, 6.07) is 7.86. The molecule has 0 aliphatic carbocycles. The molecule has 2 bridgehead atoms. The first kappa shape index (κ1) is 13.4. The Morgan fingerprint density at radius 3 is 2.91 bits per heavy atom. The van der Waals surface area contributed by atoms with Crippen molar-refractivity contribution >= 4 is 12.2 Å². The molecule has 0 saturated carbocycles. The van der Waals surface area contributed by atoms with E-state index in [-0.39, 0.29) is 24.8 Å². The van der Waals surface area contributed by atoms with Crippen LogP contribution in [0, 0.1) is 0 Å². The molecule has 0 spiro atoms. The van der Waals surface area contributed by atoms with Gasteiger partial charge in [0.05, 0.1) is 19.2 Å². The molecule has 2 saturated heterocycles. The van der Waals surface area contributed by atoms with Crippen LogP contribution in [0.4, 0.5) is 9.59 Å². The van der Waals surface area contributed by atoms with Crippen molar-refractivity contribution < 1.29 is 23.8 Å². The van der Waals surface area contributed by atoms with Crippen LogP contribution in [0.25, 0.3) is 0 Å². The van der Waals surface area contributed by atoms with Crippen LogP contribution in [0.1, 0.15) is 23.6 Å². The van der Waals surface area contributed by atoms with Gasteiger partial charge in [-0.25, -0.2) is 19.6 Å². The van der Waals surface area contributed by atoms with Gasteiger partial charge in [0.25, 0.3) is 0 Å². The minimum Gasteiger partial charge on any atom is -0.452 e. The molecule has 7 heteroatoms. The highest BCUT2D eigenvalue weighted by atomic mass is 16.8. The number of hydrogen-bond donors (Lipinski definition) is 0. The molecule has 1 aromatic rings. The molecule has 1 unspecified atom stereocenters. The van der Waals surface area contributed by atoms with Crippen LogP contribution in [0.2, 0.25) is 0 Å². The van der Waals surface area contributed by atoms with E-state index in [1.54, 1.807) is 5.01 Å². The summed E-state index contributed by atoms with van der Waals surface area (Å²) in [4.78, 5) is 23.4. The Morgan fingerprint density at radius 2 is 2.18 bits per heavy atom. The molecule has 1 amide bonds. The molecule has 0 aromatic heterocycles.